The van der Waals surface area contributed by atoms with Crippen molar-refractivity contribution in [1.29, 1.82) is 0 Å². The molecule has 19 nitrogen and oxygen atoms in total. The van der Waals surface area contributed by atoms with Crippen molar-refractivity contribution in [3.63, 3.8) is 0 Å². The molecule has 57 heavy (non-hydrogen) atoms. The van der Waals surface area contributed by atoms with Crippen LogP contribution in [0.2, 0.25) is 0 Å². The van der Waals surface area contributed by atoms with Crippen molar-refractivity contribution in [2.24, 2.45) is 11.5 Å². The number of anilines is 3. The number of aliphatic hydroxyl groups excluding tert-OH is 1. The van der Waals surface area contributed by atoms with Gasteiger partial charge in [-0.2, -0.15) is 5.10 Å². The van der Waals surface area contributed by atoms with Gasteiger partial charge in [-0.3, -0.25) is 29.2 Å². The van der Waals surface area contributed by atoms with Crippen molar-refractivity contribution >= 4 is 63.3 Å². The van der Waals surface area contributed by atoms with Crippen LogP contribution in [0, 0.1) is 6.92 Å². The van der Waals surface area contributed by atoms with E-state index >= 15 is 0 Å². The number of fused-ring (bicyclic) bond motifs is 1. The number of amides is 4. The largest absolute Gasteiger partial charge is 0.491 e. The molecule has 0 saturated heterocycles. The third-order valence-corrected chi connectivity index (χ3v) is 10.2. The monoisotopic (exact) mass is 785 g/mol. The van der Waals surface area contributed by atoms with Crippen LogP contribution >= 0.6 is 0 Å². The van der Waals surface area contributed by atoms with E-state index in [1.165, 1.54) is 0 Å². The van der Waals surface area contributed by atoms with Crippen molar-refractivity contribution < 1.29 is 29.0 Å². The quantitative estimate of drug-likeness (QED) is 0.0693. The fourth-order valence-corrected chi connectivity index (χ4v) is 7.32. The predicted molar refractivity (Wildman–Crippen MR) is 215 cm³/mol. The minimum Gasteiger partial charge on any atom is -0.491 e. The van der Waals surface area contributed by atoms with Crippen LogP contribution in [-0.2, 0) is 17.9 Å². The van der Waals surface area contributed by atoms with Crippen LogP contribution in [0.15, 0.2) is 30.3 Å². The summed E-state index contributed by atoms with van der Waals surface area (Å²) >= 11 is 0. The fraction of sp³-hybridized carbons (Fsp3) is 0.447. The lowest BCUT2D eigenvalue weighted by atomic mass is 10.1. The Kier molecular flexibility index (Phi) is 12.3. The summed E-state index contributed by atoms with van der Waals surface area (Å²) in [6.07, 6.45) is 2.48. The van der Waals surface area contributed by atoms with Crippen molar-refractivity contribution in [1.82, 2.24) is 39.1 Å². The number of aryl methyl sites for hydroxylation is 3. The van der Waals surface area contributed by atoms with E-state index in [1.54, 1.807) is 47.0 Å². The molecule has 4 heterocycles. The molecule has 6 rings (SSSR count). The minimum absolute atomic E-state index is 0.0558. The Balaban J connectivity index is 1.26. The number of hydrogen-bond acceptors (Lipinski definition) is 12. The fourth-order valence-electron chi connectivity index (χ4n) is 7.32. The zero-order valence-corrected chi connectivity index (χ0v) is 32.7. The Hall–Kier alpha value is -6.21. The number of ether oxygens (including phenoxy) is 1. The Labute approximate surface area is 329 Å². The number of nitrogen functional groups attached to an aromatic ring is 1. The third kappa shape index (κ3) is 8.63. The number of primary amides is 2. The van der Waals surface area contributed by atoms with Crippen LogP contribution in [0.4, 0.5) is 17.6 Å². The summed E-state index contributed by atoms with van der Waals surface area (Å²) in [5.74, 6) is -0.712. The number of nitrogens with zero attached hydrogens (tertiary/aromatic N) is 8. The van der Waals surface area contributed by atoms with E-state index in [4.69, 9.17) is 32.0 Å². The van der Waals surface area contributed by atoms with Crippen molar-refractivity contribution in [3.05, 3.63) is 52.8 Å². The van der Waals surface area contributed by atoms with Gasteiger partial charge in [-0.05, 0) is 69.9 Å². The summed E-state index contributed by atoms with van der Waals surface area (Å²) in [4.78, 5) is 63.8. The van der Waals surface area contributed by atoms with Crippen molar-refractivity contribution in [3.8, 4) is 5.75 Å². The van der Waals surface area contributed by atoms with Gasteiger partial charge in [0.25, 0.3) is 5.91 Å². The molecule has 2 aromatic carbocycles. The Morgan fingerprint density at radius 2 is 1.74 bits per heavy atom. The number of aromatic nitrogens is 6. The Morgan fingerprint density at radius 3 is 2.44 bits per heavy atom. The molecule has 5 aromatic rings. The first-order chi connectivity index (χ1) is 27.3. The zero-order chi connectivity index (χ0) is 41.0. The summed E-state index contributed by atoms with van der Waals surface area (Å²) in [6.45, 7) is 6.41. The summed E-state index contributed by atoms with van der Waals surface area (Å²) in [6, 6.07) is 8.19. The van der Waals surface area contributed by atoms with Crippen LogP contribution in [0.25, 0.3) is 22.1 Å². The van der Waals surface area contributed by atoms with E-state index < -0.39 is 11.8 Å². The molecular weight excluding hydrogens is 735 g/mol. The van der Waals surface area contributed by atoms with Crippen LogP contribution in [0.1, 0.15) is 75.5 Å². The Bertz CT molecular complexity index is 2310. The van der Waals surface area contributed by atoms with Gasteiger partial charge in [0.05, 0.1) is 47.7 Å². The van der Waals surface area contributed by atoms with Gasteiger partial charge in [-0.15, -0.1) is 0 Å². The van der Waals surface area contributed by atoms with Crippen LogP contribution in [-0.4, -0.2) is 116 Å². The number of rotatable bonds is 18. The molecule has 19 heteroatoms. The van der Waals surface area contributed by atoms with Gasteiger partial charge in [-0.25, -0.2) is 9.97 Å². The van der Waals surface area contributed by atoms with Gasteiger partial charge in [0.15, 0.2) is 0 Å². The number of carbonyl (C=O) groups excluding carboxylic acids is 4. The molecular formula is C38H51N13O6. The first-order valence-electron chi connectivity index (χ1n) is 19.0. The van der Waals surface area contributed by atoms with E-state index in [2.05, 4.69) is 25.6 Å². The number of aliphatic hydroxyl groups is 1. The van der Waals surface area contributed by atoms with Crippen LogP contribution in [0.5, 0.6) is 5.75 Å². The SMILES string of the molecule is CCn1nc(C)cc1C(=O)Nc1nc2cc(C(N)=O)cc3c2n1[C@@H](CCCn1c(N)nc2cc(C(N)=O)cc(OCCCN(C)C(=O)CNCCO)c21)CCN3C. The smallest absolute Gasteiger partial charge is 0.276 e. The molecule has 4 amide bonds. The number of likely N-dealkylation sites (N-methyl/N-ethyl adjacent to an activating group) is 1. The zero-order valence-electron chi connectivity index (χ0n) is 32.7. The second-order valence-electron chi connectivity index (χ2n) is 14.2. The molecule has 304 valence electrons. The second kappa shape index (κ2) is 17.3. The number of carbonyl (C=O) groups is 4. The van der Waals surface area contributed by atoms with Crippen molar-refractivity contribution in [2.45, 2.75) is 58.7 Å². The van der Waals surface area contributed by atoms with Gasteiger partial charge in [0.1, 0.15) is 17.0 Å². The molecule has 0 unspecified atom stereocenters. The van der Waals surface area contributed by atoms with Gasteiger partial charge >= 0.3 is 0 Å². The van der Waals surface area contributed by atoms with Gasteiger partial charge < -0.3 is 51.3 Å². The first-order valence-corrected chi connectivity index (χ1v) is 19.0. The highest BCUT2D eigenvalue weighted by atomic mass is 16.5. The van der Waals surface area contributed by atoms with Gasteiger partial charge in [-0.1, -0.05) is 0 Å². The summed E-state index contributed by atoms with van der Waals surface area (Å²) in [5, 5.41) is 19.3. The number of benzene rings is 2. The number of imidazole rings is 2. The number of nitrogens with two attached hydrogens (primary N) is 3. The summed E-state index contributed by atoms with van der Waals surface area (Å²) < 4.78 is 11.8. The van der Waals surface area contributed by atoms with Crippen LogP contribution in [0.3, 0.4) is 0 Å². The third-order valence-electron chi connectivity index (χ3n) is 10.2. The standard InChI is InChI=1S/C38H51N13O6/c1-5-50-29(16-22(2)46-50)36(56)45-38-44-26-17-23(34(39)54)19-28-32(26)51(38)25(9-13-47(28)3)8-6-12-49-33-27(43-37(49)41)18-24(35(40)55)20-30(33)57-15-7-11-48(4)31(53)21-42-10-14-52/h16-20,25,42,52H,5-15,21H2,1-4H3,(H2,39,54)(H2,40,55)(H2,41,43)(H,44,45,56)/t25-/m0/s1. The lowest BCUT2D eigenvalue weighted by molar-refractivity contribution is -0.129. The summed E-state index contributed by atoms with van der Waals surface area (Å²) in [5.41, 5.74) is 22.7. The summed E-state index contributed by atoms with van der Waals surface area (Å²) in [7, 11) is 3.65. The van der Waals surface area contributed by atoms with E-state index in [0.29, 0.717) is 97.9 Å². The maximum Gasteiger partial charge on any atom is 0.276 e. The average Bonchev–Trinajstić information content (AvgIpc) is 3.82. The maximum atomic E-state index is 13.7. The number of nitrogens with one attached hydrogen (secondary N) is 2. The molecule has 0 saturated carbocycles. The molecule has 0 spiro atoms. The molecule has 1 aliphatic rings. The van der Waals surface area contributed by atoms with E-state index in [0.717, 1.165) is 16.9 Å². The predicted octanol–water partition coefficient (Wildman–Crippen LogP) is 1.61. The van der Waals surface area contributed by atoms with E-state index in [1.807, 2.05) is 30.0 Å². The lowest BCUT2D eigenvalue weighted by Crippen LogP contribution is -2.37. The number of hydrogen-bond donors (Lipinski definition) is 6. The van der Waals surface area contributed by atoms with Gasteiger partial charge in [0, 0.05) is 64.0 Å². The molecule has 1 atom stereocenters. The highest BCUT2D eigenvalue weighted by molar-refractivity contribution is 6.05. The van der Waals surface area contributed by atoms with Crippen LogP contribution < -0.4 is 37.5 Å². The molecule has 0 radical (unpaired) electrons. The molecule has 0 fully saturated rings. The van der Waals surface area contributed by atoms with Crippen molar-refractivity contribution in [2.75, 3.05) is 69.4 Å². The highest BCUT2D eigenvalue weighted by Gasteiger charge is 2.29. The van der Waals surface area contributed by atoms with Gasteiger partial charge in [0.2, 0.25) is 29.6 Å². The molecule has 3 aromatic heterocycles. The highest BCUT2D eigenvalue weighted by Crippen LogP contribution is 2.39. The molecule has 1 aliphatic heterocycles. The Morgan fingerprint density at radius 1 is 1.02 bits per heavy atom. The molecule has 9 N–H and O–H groups in total. The normalized spacial score (nSPS) is 13.9. The topological polar surface area (TPSA) is 260 Å². The molecule has 0 bridgehead atoms. The van der Waals surface area contributed by atoms with E-state index in [9.17, 15) is 19.2 Å². The lowest BCUT2D eigenvalue weighted by Gasteiger charge is -2.21. The second-order valence-corrected chi connectivity index (χ2v) is 14.2. The average molecular weight is 786 g/mol. The minimum atomic E-state index is -0.638. The molecule has 0 aliphatic carbocycles. The maximum absolute atomic E-state index is 13.7. The van der Waals surface area contributed by atoms with E-state index in [-0.39, 0.29) is 49.1 Å². The first kappa shape index (κ1) is 40.5.